The highest BCUT2D eigenvalue weighted by molar-refractivity contribution is 5.97. The highest BCUT2D eigenvalue weighted by Crippen LogP contribution is 2.22. The number of benzene rings is 1. The number of fused-ring (bicyclic) bond motifs is 1. The third-order valence-corrected chi connectivity index (χ3v) is 2.37. The molecule has 84 valence electrons. The Bertz CT molecular complexity index is 519. The van der Waals surface area contributed by atoms with E-state index in [0.717, 1.165) is 0 Å². The largest absolute Gasteiger partial charge is 0.450 e. The van der Waals surface area contributed by atoms with E-state index in [9.17, 15) is 9.18 Å². The highest BCUT2D eigenvalue weighted by Gasteiger charge is 2.13. The van der Waals surface area contributed by atoms with E-state index in [0.29, 0.717) is 18.4 Å². The molecule has 0 bridgehead atoms. The molecule has 0 fully saturated rings. The molecule has 1 heterocycles. The lowest BCUT2D eigenvalue weighted by atomic mass is 10.2. The molecule has 0 unspecified atom stereocenters. The summed E-state index contributed by atoms with van der Waals surface area (Å²) >= 11 is 0. The normalized spacial score (nSPS) is 10.9. The Balaban J connectivity index is 2.32. The van der Waals surface area contributed by atoms with Gasteiger partial charge in [0, 0.05) is 18.4 Å². The van der Waals surface area contributed by atoms with E-state index in [1.807, 2.05) is 0 Å². The van der Waals surface area contributed by atoms with Crippen molar-refractivity contribution in [3.63, 3.8) is 0 Å². The zero-order valence-corrected chi connectivity index (χ0v) is 8.92. The van der Waals surface area contributed by atoms with Gasteiger partial charge in [-0.1, -0.05) is 12.1 Å². The lowest BCUT2D eigenvalue weighted by Crippen LogP contribution is -2.12. The number of carbonyl (C=O) groups is 1. The number of hydrogen-bond donors (Lipinski definition) is 1. The predicted octanol–water partition coefficient (Wildman–Crippen LogP) is 2.36. The molecule has 2 rings (SSSR count). The van der Waals surface area contributed by atoms with Crippen LogP contribution in [0.25, 0.3) is 11.0 Å². The van der Waals surface area contributed by atoms with Crippen LogP contribution in [-0.4, -0.2) is 19.4 Å². The van der Waals surface area contributed by atoms with E-state index < -0.39 is 5.82 Å². The number of nitrogens with one attached hydrogen (secondary N) is 1. The smallest absolute Gasteiger partial charge is 0.199 e. The molecule has 0 saturated carbocycles. The fourth-order valence-corrected chi connectivity index (χ4v) is 1.53. The average Bonchev–Trinajstić information content (AvgIpc) is 2.71. The van der Waals surface area contributed by atoms with Crippen molar-refractivity contribution >= 4 is 16.8 Å². The quantitative estimate of drug-likeness (QED) is 0.806. The van der Waals surface area contributed by atoms with E-state index in [1.165, 1.54) is 6.07 Å². The predicted molar refractivity (Wildman–Crippen MR) is 59.0 cm³/mol. The first kappa shape index (κ1) is 10.8. The molecule has 0 radical (unpaired) electrons. The van der Waals surface area contributed by atoms with Crippen LogP contribution in [0.1, 0.15) is 17.0 Å². The van der Waals surface area contributed by atoms with Crippen LogP contribution in [0, 0.1) is 5.82 Å². The summed E-state index contributed by atoms with van der Waals surface area (Å²) in [6.07, 6.45) is 0.345. The van der Waals surface area contributed by atoms with Crippen molar-refractivity contribution in [1.29, 1.82) is 0 Å². The van der Waals surface area contributed by atoms with Crippen molar-refractivity contribution in [2.75, 3.05) is 13.6 Å². The number of ketones is 1. The number of para-hydroxylation sites is 1. The number of rotatable bonds is 4. The number of halogens is 1. The Morgan fingerprint density at radius 1 is 1.50 bits per heavy atom. The first-order valence-corrected chi connectivity index (χ1v) is 5.08. The summed E-state index contributed by atoms with van der Waals surface area (Å²) in [6.45, 7) is 0.582. The van der Waals surface area contributed by atoms with Crippen LogP contribution in [0.2, 0.25) is 0 Å². The van der Waals surface area contributed by atoms with Gasteiger partial charge in [-0.15, -0.1) is 0 Å². The maximum atomic E-state index is 13.3. The second-order valence-electron chi connectivity index (χ2n) is 3.55. The van der Waals surface area contributed by atoms with Crippen LogP contribution in [0.3, 0.4) is 0 Å². The summed E-state index contributed by atoms with van der Waals surface area (Å²) in [5, 5.41) is 3.50. The Morgan fingerprint density at radius 2 is 2.31 bits per heavy atom. The summed E-state index contributed by atoms with van der Waals surface area (Å²) in [6, 6.07) is 6.20. The summed E-state index contributed by atoms with van der Waals surface area (Å²) in [4.78, 5) is 11.6. The molecule has 0 aliphatic carbocycles. The monoisotopic (exact) mass is 221 g/mol. The maximum absolute atomic E-state index is 13.3. The summed E-state index contributed by atoms with van der Waals surface area (Å²) in [5.41, 5.74) is 0.148. The van der Waals surface area contributed by atoms with Gasteiger partial charge in [0.15, 0.2) is 22.9 Å². The molecule has 1 N–H and O–H groups in total. The minimum atomic E-state index is -0.440. The van der Waals surface area contributed by atoms with E-state index in [1.54, 1.807) is 25.2 Å². The number of hydrogen-bond acceptors (Lipinski definition) is 3. The topological polar surface area (TPSA) is 42.2 Å². The summed E-state index contributed by atoms with van der Waals surface area (Å²) in [5.74, 6) is -0.342. The number of Topliss-reactive ketones (excluding diaryl/α,β-unsaturated/α-hetero) is 1. The number of furan rings is 1. The van der Waals surface area contributed by atoms with Crippen LogP contribution in [-0.2, 0) is 0 Å². The second-order valence-corrected chi connectivity index (χ2v) is 3.55. The van der Waals surface area contributed by atoms with Crippen molar-refractivity contribution in [1.82, 2.24) is 5.32 Å². The average molecular weight is 221 g/mol. The SMILES string of the molecule is CNCCC(=O)c1cc2cccc(F)c2o1. The van der Waals surface area contributed by atoms with Crippen molar-refractivity contribution in [3.8, 4) is 0 Å². The van der Waals surface area contributed by atoms with Gasteiger partial charge in [-0.25, -0.2) is 4.39 Å². The fourth-order valence-electron chi connectivity index (χ4n) is 1.53. The van der Waals surface area contributed by atoms with Gasteiger partial charge in [0.05, 0.1) is 0 Å². The zero-order chi connectivity index (χ0) is 11.5. The molecule has 0 aliphatic heterocycles. The van der Waals surface area contributed by atoms with Crippen molar-refractivity contribution < 1.29 is 13.6 Å². The van der Waals surface area contributed by atoms with Crippen LogP contribution in [0.4, 0.5) is 4.39 Å². The molecule has 1 aromatic carbocycles. The molecule has 16 heavy (non-hydrogen) atoms. The van der Waals surface area contributed by atoms with Gasteiger partial charge in [-0.05, 0) is 19.2 Å². The molecule has 4 heteroatoms. The van der Waals surface area contributed by atoms with Gasteiger partial charge in [0.2, 0.25) is 0 Å². The molecule has 2 aromatic rings. The van der Waals surface area contributed by atoms with Crippen LogP contribution >= 0.6 is 0 Å². The summed E-state index contributed by atoms with van der Waals surface area (Å²) < 4.78 is 18.5. The Kier molecular flexibility index (Phi) is 3.01. The second kappa shape index (κ2) is 4.45. The summed E-state index contributed by atoms with van der Waals surface area (Å²) in [7, 11) is 1.77. The van der Waals surface area contributed by atoms with Gasteiger partial charge in [-0.3, -0.25) is 4.79 Å². The Morgan fingerprint density at radius 3 is 3.00 bits per heavy atom. The van der Waals surface area contributed by atoms with Crippen molar-refractivity contribution in [3.05, 3.63) is 35.8 Å². The fraction of sp³-hybridized carbons (Fsp3) is 0.250. The van der Waals surface area contributed by atoms with Gasteiger partial charge in [-0.2, -0.15) is 0 Å². The van der Waals surface area contributed by atoms with Gasteiger partial charge < -0.3 is 9.73 Å². The molecule has 0 spiro atoms. The highest BCUT2D eigenvalue weighted by atomic mass is 19.1. The molecule has 0 aliphatic rings. The van der Waals surface area contributed by atoms with Crippen molar-refractivity contribution in [2.24, 2.45) is 0 Å². The van der Waals surface area contributed by atoms with E-state index in [-0.39, 0.29) is 17.1 Å². The zero-order valence-electron chi connectivity index (χ0n) is 8.92. The third kappa shape index (κ3) is 1.97. The Hall–Kier alpha value is -1.68. The van der Waals surface area contributed by atoms with Crippen molar-refractivity contribution in [2.45, 2.75) is 6.42 Å². The molecule has 1 aromatic heterocycles. The molecule has 3 nitrogen and oxygen atoms in total. The van der Waals surface area contributed by atoms with E-state index in [2.05, 4.69) is 5.32 Å². The standard InChI is InChI=1S/C12H12FNO2/c1-14-6-5-10(15)11-7-8-3-2-4-9(13)12(8)16-11/h2-4,7,14H,5-6H2,1H3. The van der Waals surface area contributed by atoms with E-state index in [4.69, 9.17) is 4.42 Å². The van der Waals surface area contributed by atoms with Crippen LogP contribution < -0.4 is 5.32 Å². The van der Waals surface area contributed by atoms with Gasteiger partial charge in [0.1, 0.15) is 0 Å². The maximum Gasteiger partial charge on any atom is 0.199 e. The van der Waals surface area contributed by atoms with E-state index >= 15 is 0 Å². The van der Waals surface area contributed by atoms with Gasteiger partial charge >= 0.3 is 0 Å². The molecular formula is C12H12FNO2. The number of carbonyl (C=O) groups excluding carboxylic acids is 1. The lowest BCUT2D eigenvalue weighted by Gasteiger charge is -1.95. The van der Waals surface area contributed by atoms with Gasteiger partial charge in [0.25, 0.3) is 0 Å². The first-order valence-electron chi connectivity index (χ1n) is 5.08. The third-order valence-electron chi connectivity index (χ3n) is 2.37. The molecule has 0 saturated heterocycles. The minimum absolute atomic E-state index is 0.120. The first-order chi connectivity index (χ1) is 7.72. The molecule has 0 amide bonds. The van der Waals surface area contributed by atoms with Crippen LogP contribution in [0.15, 0.2) is 28.7 Å². The minimum Gasteiger partial charge on any atom is -0.450 e. The molecule has 0 atom stereocenters. The van der Waals surface area contributed by atoms with Crippen LogP contribution in [0.5, 0.6) is 0 Å². The molecular weight excluding hydrogens is 209 g/mol. The Labute approximate surface area is 92.2 Å². The lowest BCUT2D eigenvalue weighted by molar-refractivity contribution is 0.0958.